The summed E-state index contributed by atoms with van der Waals surface area (Å²) in [6, 6.07) is 8.61. The van der Waals surface area contributed by atoms with E-state index in [1.165, 1.54) is 48.1 Å². The summed E-state index contributed by atoms with van der Waals surface area (Å²) in [6.45, 7) is 6.21. The molecule has 0 saturated carbocycles. The standard InChI is InChI=1S/C20H28N2O/c1-2-14-9-15-10-16(13-23)20-18(7-8-22(11-14)12-15)17-5-3-4-6-19(17)21-20/h3-6,14-16,21,23H,2,7-13H2,1H3/t14-,15-,16-/m0/s1. The summed E-state index contributed by atoms with van der Waals surface area (Å²) in [4.78, 5) is 6.31. The predicted octanol–water partition coefficient (Wildman–Crippen LogP) is 3.54. The number of H-pyrrole nitrogens is 1. The number of fused-ring (bicyclic) bond motifs is 5. The van der Waals surface area contributed by atoms with E-state index in [1.54, 1.807) is 0 Å². The van der Waals surface area contributed by atoms with Crippen molar-refractivity contribution in [1.82, 2.24) is 9.88 Å². The lowest BCUT2D eigenvalue weighted by Crippen LogP contribution is -2.41. The predicted molar refractivity (Wildman–Crippen MR) is 94.8 cm³/mol. The van der Waals surface area contributed by atoms with Crippen molar-refractivity contribution in [3.05, 3.63) is 35.5 Å². The third-order valence-electron chi connectivity index (χ3n) is 6.05. The molecule has 0 aliphatic carbocycles. The van der Waals surface area contributed by atoms with Crippen molar-refractivity contribution in [2.75, 3.05) is 26.2 Å². The van der Waals surface area contributed by atoms with Crippen LogP contribution < -0.4 is 0 Å². The topological polar surface area (TPSA) is 39.3 Å². The SMILES string of the molecule is CC[C@H]1C[C@H]2C[C@@H](CO)c3[nH]c4ccccc4c3CCN(C1)C2. The number of aliphatic hydroxyl groups is 1. The Morgan fingerprint density at radius 2 is 2.09 bits per heavy atom. The lowest BCUT2D eigenvalue weighted by atomic mass is 9.82. The minimum Gasteiger partial charge on any atom is -0.396 e. The van der Waals surface area contributed by atoms with E-state index in [4.69, 9.17) is 0 Å². The molecule has 0 spiro atoms. The summed E-state index contributed by atoms with van der Waals surface area (Å²) in [5, 5.41) is 11.4. The Balaban J connectivity index is 1.74. The summed E-state index contributed by atoms with van der Waals surface area (Å²) in [7, 11) is 0. The van der Waals surface area contributed by atoms with Crippen LogP contribution in [-0.2, 0) is 6.42 Å². The minimum absolute atomic E-state index is 0.257. The lowest BCUT2D eigenvalue weighted by Gasteiger charge is -2.38. The van der Waals surface area contributed by atoms with Crippen LogP contribution in [-0.4, -0.2) is 41.2 Å². The number of aliphatic hydroxyl groups excluding tert-OH is 1. The molecule has 1 fully saturated rings. The van der Waals surface area contributed by atoms with Crippen LogP contribution in [0.3, 0.4) is 0 Å². The van der Waals surface area contributed by atoms with E-state index in [2.05, 4.69) is 41.1 Å². The fraction of sp³-hybridized carbons (Fsp3) is 0.600. The number of hydrogen-bond donors (Lipinski definition) is 2. The molecular formula is C20H28N2O. The van der Waals surface area contributed by atoms with E-state index in [1.807, 2.05) is 0 Å². The molecular weight excluding hydrogens is 284 g/mol. The molecule has 1 aromatic heterocycles. The molecule has 2 aliphatic heterocycles. The minimum atomic E-state index is 0.257. The smallest absolute Gasteiger partial charge is 0.0514 e. The molecule has 23 heavy (non-hydrogen) atoms. The number of rotatable bonds is 2. The Morgan fingerprint density at radius 1 is 1.22 bits per heavy atom. The number of benzene rings is 1. The summed E-state index contributed by atoms with van der Waals surface area (Å²) in [5.41, 5.74) is 3.97. The Morgan fingerprint density at radius 3 is 2.91 bits per heavy atom. The van der Waals surface area contributed by atoms with Gasteiger partial charge in [-0.3, -0.25) is 0 Å². The van der Waals surface area contributed by atoms with Crippen molar-refractivity contribution in [3.8, 4) is 0 Å². The van der Waals surface area contributed by atoms with Crippen molar-refractivity contribution in [3.63, 3.8) is 0 Å². The number of nitrogens with one attached hydrogen (secondary N) is 1. The van der Waals surface area contributed by atoms with E-state index in [0.29, 0.717) is 0 Å². The van der Waals surface area contributed by atoms with Gasteiger partial charge in [0.15, 0.2) is 0 Å². The van der Waals surface area contributed by atoms with Crippen molar-refractivity contribution in [2.45, 2.75) is 38.5 Å². The van der Waals surface area contributed by atoms with Crippen LogP contribution in [0.5, 0.6) is 0 Å². The van der Waals surface area contributed by atoms with Gasteiger partial charge in [0.2, 0.25) is 0 Å². The largest absolute Gasteiger partial charge is 0.396 e. The van der Waals surface area contributed by atoms with Gasteiger partial charge in [0, 0.05) is 42.1 Å². The number of aromatic nitrogens is 1. The number of hydrogen-bond acceptors (Lipinski definition) is 2. The molecule has 2 aliphatic rings. The van der Waals surface area contributed by atoms with Gasteiger partial charge in [-0.2, -0.15) is 0 Å². The molecule has 4 rings (SSSR count). The molecule has 0 amide bonds. The maximum atomic E-state index is 10.1. The molecule has 3 nitrogen and oxygen atoms in total. The number of para-hydroxylation sites is 1. The average Bonchev–Trinajstić information content (AvgIpc) is 2.96. The van der Waals surface area contributed by atoms with Gasteiger partial charge in [-0.15, -0.1) is 0 Å². The van der Waals surface area contributed by atoms with Crippen molar-refractivity contribution >= 4 is 10.9 Å². The highest BCUT2D eigenvalue weighted by atomic mass is 16.3. The van der Waals surface area contributed by atoms with Crippen molar-refractivity contribution < 1.29 is 5.11 Å². The van der Waals surface area contributed by atoms with E-state index >= 15 is 0 Å². The second-order valence-corrected chi connectivity index (χ2v) is 7.56. The first kappa shape index (κ1) is 15.2. The number of nitrogens with zero attached hydrogens (tertiary/aromatic N) is 1. The second-order valence-electron chi connectivity index (χ2n) is 7.56. The number of piperidine rings is 1. The molecule has 1 aromatic carbocycles. The first-order valence-corrected chi connectivity index (χ1v) is 9.21. The molecule has 124 valence electrons. The van der Waals surface area contributed by atoms with Crippen LogP contribution in [0.4, 0.5) is 0 Å². The maximum absolute atomic E-state index is 10.1. The summed E-state index contributed by atoms with van der Waals surface area (Å²) in [5.74, 6) is 1.82. The third kappa shape index (κ3) is 2.81. The van der Waals surface area contributed by atoms with Gasteiger partial charge in [0.1, 0.15) is 0 Å². The van der Waals surface area contributed by atoms with Gasteiger partial charge in [-0.1, -0.05) is 31.5 Å². The van der Waals surface area contributed by atoms with E-state index in [0.717, 1.165) is 31.2 Å². The Labute approximate surface area is 138 Å². The highest BCUT2D eigenvalue weighted by molar-refractivity contribution is 5.85. The fourth-order valence-electron chi connectivity index (χ4n) is 4.87. The summed E-state index contributed by atoms with van der Waals surface area (Å²) < 4.78 is 0. The second kappa shape index (κ2) is 6.29. The summed E-state index contributed by atoms with van der Waals surface area (Å²) >= 11 is 0. The van der Waals surface area contributed by atoms with Gasteiger partial charge in [-0.05, 0) is 42.7 Å². The maximum Gasteiger partial charge on any atom is 0.0514 e. The molecule has 2 bridgehead atoms. The van der Waals surface area contributed by atoms with Crippen LogP contribution in [0.1, 0.15) is 43.4 Å². The zero-order valence-electron chi connectivity index (χ0n) is 14.1. The molecule has 2 aromatic rings. The van der Waals surface area contributed by atoms with Crippen LogP contribution in [0.2, 0.25) is 0 Å². The van der Waals surface area contributed by atoms with Crippen LogP contribution in [0.25, 0.3) is 10.9 Å². The molecule has 1 unspecified atom stereocenters. The van der Waals surface area contributed by atoms with Gasteiger partial charge in [0.25, 0.3) is 0 Å². The zero-order chi connectivity index (χ0) is 15.8. The number of aromatic amines is 1. The van der Waals surface area contributed by atoms with Crippen LogP contribution in [0, 0.1) is 11.8 Å². The molecule has 3 heteroatoms. The van der Waals surface area contributed by atoms with Crippen LogP contribution >= 0.6 is 0 Å². The van der Waals surface area contributed by atoms with Gasteiger partial charge in [0.05, 0.1) is 6.61 Å². The monoisotopic (exact) mass is 312 g/mol. The summed E-state index contributed by atoms with van der Waals surface area (Å²) in [6.07, 6.45) is 4.83. The highest BCUT2D eigenvalue weighted by Gasteiger charge is 2.31. The van der Waals surface area contributed by atoms with Gasteiger partial charge in [-0.25, -0.2) is 0 Å². The van der Waals surface area contributed by atoms with E-state index < -0.39 is 0 Å². The average molecular weight is 312 g/mol. The van der Waals surface area contributed by atoms with Gasteiger partial charge >= 0.3 is 0 Å². The molecule has 2 N–H and O–H groups in total. The van der Waals surface area contributed by atoms with Crippen molar-refractivity contribution in [2.24, 2.45) is 11.8 Å². The Hall–Kier alpha value is -1.32. The first-order valence-electron chi connectivity index (χ1n) is 9.21. The van der Waals surface area contributed by atoms with E-state index in [-0.39, 0.29) is 12.5 Å². The van der Waals surface area contributed by atoms with Gasteiger partial charge < -0.3 is 15.0 Å². The Kier molecular flexibility index (Phi) is 4.16. The molecule has 4 atom stereocenters. The zero-order valence-corrected chi connectivity index (χ0v) is 14.1. The quantitative estimate of drug-likeness (QED) is 0.890. The third-order valence-corrected chi connectivity index (χ3v) is 6.05. The van der Waals surface area contributed by atoms with E-state index in [9.17, 15) is 5.11 Å². The van der Waals surface area contributed by atoms with Crippen molar-refractivity contribution in [1.29, 1.82) is 0 Å². The highest BCUT2D eigenvalue weighted by Crippen LogP contribution is 2.37. The van der Waals surface area contributed by atoms with Crippen LogP contribution in [0.15, 0.2) is 24.3 Å². The first-order chi connectivity index (χ1) is 11.3. The Bertz CT molecular complexity index is 677. The fourth-order valence-corrected chi connectivity index (χ4v) is 4.87. The normalized spacial score (nSPS) is 31.2. The molecule has 0 radical (unpaired) electrons. The molecule has 3 heterocycles. The lowest BCUT2D eigenvalue weighted by molar-refractivity contribution is 0.111. The molecule has 1 saturated heterocycles.